The van der Waals surface area contributed by atoms with Gasteiger partial charge in [-0.3, -0.25) is 4.72 Å². The zero-order valence-corrected chi connectivity index (χ0v) is 15.9. The normalized spacial score (nSPS) is 12.6. The minimum atomic E-state index is -4.29. The van der Waals surface area contributed by atoms with Gasteiger partial charge in [0, 0.05) is 24.8 Å². The van der Waals surface area contributed by atoms with E-state index in [0.717, 1.165) is 12.1 Å². The lowest BCUT2D eigenvalue weighted by atomic mass is 10.3. The van der Waals surface area contributed by atoms with Gasteiger partial charge in [-0.2, -0.15) is 4.31 Å². The smallest absolute Gasteiger partial charge is 0.264 e. The van der Waals surface area contributed by atoms with E-state index in [1.54, 1.807) is 13.8 Å². The van der Waals surface area contributed by atoms with Crippen LogP contribution in [0.15, 0.2) is 52.3 Å². The van der Waals surface area contributed by atoms with Crippen molar-refractivity contribution in [3.63, 3.8) is 0 Å². The minimum absolute atomic E-state index is 0.00962. The predicted octanol–water partition coefficient (Wildman–Crippen LogP) is 2.79. The lowest BCUT2D eigenvalue weighted by Crippen LogP contribution is -2.33. The van der Waals surface area contributed by atoms with Gasteiger partial charge in [-0.1, -0.05) is 0 Å². The summed E-state index contributed by atoms with van der Waals surface area (Å²) in [5.41, 5.74) is 0.0416. The van der Waals surface area contributed by atoms with Gasteiger partial charge in [0.15, 0.2) is 0 Å². The Hall–Kier alpha value is -2.04. The van der Waals surface area contributed by atoms with E-state index in [1.165, 1.54) is 35.6 Å². The van der Waals surface area contributed by atoms with E-state index in [0.29, 0.717) is 6.07 Å². The molecule has 0 aliphatic heterocycles. The zero-order chi connectivity index (χ0) is 19.7. The average molecular weight is 404 g/mol. The first-order chi connectivity index (χ1) is 11.9. The van der Waals surface area contributed by atoms with Crippen LogP contribution in [-0.4, -0.2) is 34.2 Å². The summed E-state index contributed by atoms with van der Waals surface area (Å²) < 4.78 is 79.1. The van der Waals surface area contributed by atoms with Crippen molar-refractivity contribution in [1.82, 2.24) is 4.31 Å². The molecule has 0 fully saturated rings. The van der Waals surface area contributed by atoms with Crippen LogP contribution < -0.4 is 4.72 Å². The van der Waals surface area contributed by atoms with Gasteiger partial charge < -0.3 is 0 Å². The monoisotopic (exact) mass is 404 g/mol. The maximum absolute atomic E-state index is 13.7. The molecule has 0 atom stereocenters. The Morgan fingerprint density at radius 3 is 2.04 bits per heavy atom. The number of rotatable bonds is 6. The Morgan fingerprint density at radius 2 is 1.54 bits per heavy atom. The highest BCUT2D eigenvalue weighted by molar-refractivity contribution is 7.92. The van der Waals surface area contributed by atoms with Crippen molar-refractivity contribution in [1.29, 1.82) is 0 Å². The maximum atomic E-state index is 13.7. The summed E-state index contributed by atoms with van der Waals surface area (Å²) in [7, 11) is -6.56. The van der Waals surface area contributed by atoms with Gasteiger partial charge in [-0.15, -0.1) is 0 Å². The van der Waals surface area contributed by atoms with Crippen molar-refractivity contribution in [2.75, 3.05) is 11.8 Å². The number of hydrogen-bond acceptors (Lipinski definition) is 4. The number of nitrogens with zero attached hydrogens (tertiary/aromatic N) is 1. The number of halogens is 2. The Kier molecular flexibility index (Phi) is 5.69. The van der Waals surface area contributed by atoms with Crippen molar-refractivity contribution < 1.29 is 25.6 Å². The van der Waals surface area contributed by atoms with Crippen LogP contribution in [0.3, 0.4) is 0 Å². The second kappa shape index (κ2) is 7.29. The molecule has 0 heterocycles. The van der Waals surface area contributed by atoms with Crippen molar-refractivity contribution >= 4 is 25.7 Å². The van der Waals surface area contributed by atoms with Crippen LogP contribution in [0.5, 0.6) is 0 Å². The molecule has 0 aliphatic carbocycles. The van der Waals surface area contributed by atoms with Crippen molar-refractivity contribution in [2.24, 2.45) is 0 Å². The van der Waals surface area contributed by atoms with Crippen molar-refractivity contribution in [2.45, 2.75) is 29.7 Å². The van der Waals surface area contributed by atoms with E-state index in [1.807, 2.05) is 0 Å². The molecule has 0 bridgehead atoms. The third-order valence-electron chi connectivity index (χ3n) is 3.69. The van der Waals surface area contributed by atoms with Gasteiger partial charge in [0.05, 0.1) is 4.90 Å². The maximum Gasteiger partial charge on any atom is 0.264 e. The largest absolute Gasteiger partial charge is 0.280 e. The van der Waals surface area contributed by atoms with Gasteiger partial charge in [-0.25, -0.2) is 25.6 Å². The molecule has 2 aromatic carbocycles. The molecule has 0 aromatic heterocycles. The first-order valence-electron chi connectivity index (χ1n) is 7.51. The Morgan fingerprint density at radius 1 is 0.962 bits per heavy atom. The Labute approximate surface area is 151 Å². The molecule has 0 unspecified atom stereocenters. The summed E-state index contributed by atoms with van der Waals surface area (Å²) in [5.74, 6) is -2.12. The molecule has 0 amide bonds. The third kappa shape index (κ3) is 4.19. The van der Waals surface area contributed by atoms with Gasteiger partial charge in [-0.05, 0) is 50.2 Å². The molecular weight excluding hydrogens is 386 g/mol. The van der Waals surface area contributed by atoms with Gasteiger partial charge >= 0.3 is 0 Å². The second-order valence-electron chi connectivity index (χ2n) is 5.82. The lowest BCUT2D eigenvalue weighted by molar-refractivity contribution is 0.410. The minimum Gasteiger partial charge on any atom is -0.280 e. The summed E-state index contributed by atoms with van der Waals surface area (Å²) in [6, 6.07) is 6.84. The first kappa shape index (κ1) is 20.3. The van der Waals surface area contributed by atoms with E-state index in [9.17, 15) is 25.6 Å². The Bertz CT molecular complexity index is 1010. The summed E-state index contributed by atoms with van der Waals surface area (Å²) in [6.07, 6.45) is 0. The van der Waals surface area contributed by atoms with Crippen LogP contribution in [0.25, 0.3) is 0 Å². The topological polar surface area (TPSA) is 83.6 Å². The van der Waals surface area contributed by atoms with E-state index < -0.39 is 36.6 Å². The molecule has 6 nitrogen and oxygen atoms in total. The second-order valence-corrected chi connectivity index (χ2v) is 9.47. The fourth-order valence-electron chi connectivity index (χ4n) is 2.04. The fourth-order valence-corrected chi connectivity index (χ4v) is 4.53. The molecule has 0 spiro atoms. The van der Waals surface area contributed by atoms with E-state index >= 15 is 0 Å². The molecule has 26 heavy (non-hydrogen) atoms. The third-order valence-corrected chi connectivity index (χ3v) is 7.16. The van der Waals surface area contributed by atoms with Gasteiger partial charge in [0.25, 0.3) is 10.0 Å². The van der Waals surface area contributed by atoms with Crippen LogP contribution in [0.2, 0.25) is 0 Å². The fraction of sp³-hybridized carbons (Fsp3) is 0.250. The van der Waals surface area contributed by atoms with E-state index in [4.69, 9.17) is 0 Å². The lowest BCUT2D eigenvalue weighted by Gasteiger charge is -2.21. The summed E-state index contributed by atoms with van der Waals surface area (Å²) in [6.45, 7) is 3.44. The van der Waals surface area contributed by atoms with Crippen LogP contribution in [0, 0.1) is 11.6 Å². The van der Waals surface area contributed by atoms with Gasteiger partial charge in [0.2, 0.25) is 10.0 Å². The predicted molar refractivity (Wildman–Crippen MR) is 93.7 cm³/mol. The van der Waals surface area contributed by atoms with Crippen LogP contribution in [0.1, 0.15) is 13.8 Å². The highest BCUT2D eigenvalue weighted by atomic mass is 32.2. The quantitative estimate of drug-likeness (QED) is 0.803. The number of benzene rings is 2. The molecule has 0 saturated heterocycles. The molecule has 0 aliphatic rings. The van der Waals surface area contributed by atoms with E-state index in [2.05, 4.69) is 4.72 Å². The number of anilines is 1. The Balaban J connectivity index is 2.29. The molecule has 142 valence electrons. The van der Waals surface area contributed by atoms with Crippen molar-refractivity contribution in [3.8, 4) is 0 Å². The highest BCUT2D eigenvalue weighted by Crippen LogP contribution is 2.22. The molecule has 1 N–H and O–H groups in total. The number of nitrogens with one attached hydrogen (secondary N) is 1. The molecule has 0 saturated carbocycles. The average Bonchev–Trinajstić information content (AvgIpc) is 2.53. The first-order valence-corrected chi connectivity index (χ1v) is 10.4. The van der Waals surface area contributed by atoms with Gasteiger partial charge in [0.1, 0.15) is 16.5 Å². The standard InChI is InChI=1S/C16H18F2N2O4S2/c1-11(2)20(3)26(23,24)14-7-5-13(6-8-14)19-25(21,22)16-9-4-12(17)10-15(16)18/h4-11,19H,1-3H3. The molecular formula is C16H18F2N2O4S2. The summed E-state index contributed by atoms with van der Waals surface area (Å²) in [4.78, 5) is -0.722. The summed E-state index contributed by atoms with van der Waals surface area (Å²) in [5, 5.41) is 0. The molecule has 2 aromatic rings. The number of sulfonamides is 2. The SMILES string of the molecule is CC(C)N(C)S(=O)(=O)c1ccc(NS(=O)(=O)c2ccc(F)cc2F)cc1. The van der Waals surface area contributed by atoms with E-state index in [-0.39, 0.29) is 16.6 Å². The number of hydrogen-bond donors (Lipinski definition) is 1. The van der Waals surface area contributed by atoms with Crippen LogP contribution >= 0.6 is 0 Å². The zero-order valence-electron chi connectivity index (χ0n) is 14.3. The molecule has 2 rings (SSSR count). The van der Waals surface area contributed by atoms with Crippen molar-refractivity contribution in [3.05, 3.63) is 54.1 Å². The highest BCUT2D eigenvalue weighted by Gasteiger charge is 2.24. The van der Waals surface area contributed by atoms with Crippen LogP contribution in [-0.2, 0) is 20.0 Å². The van der Waals surface area contributed by atoms with Crippen LogP contribution in [0.4, 0.5) is 14.5 Å². The molecule has 10 heteroatoms. The summed E-state index contributed by atoms with van der Waals surface area (Å²) >= 11 is 0. The molecule has 0 radical (unpaired) electrons.